The minimum atomic E-state index is -0.00707. The van der Waals surface area contributed by atoms with Gasteiger partial charge in [0.15, 0.2) is 0 Å². The van der Waals surface area contributed by atoms with Crippen LogP contribution in [0.4, 0.5) is 34.1 Å². The van der Waals surface area contributed by atoms with Crippen molar-refractivity contribution in [2.45, 2.75) is 0 Å². The summed E-state index contributed by atoms with van der Waals surface area (Å²) in [5, 5.41) is 7.64. The summed E-state index contributed by atoms with van der Waals surface area (Å²) in [5.74, 6) is 0. The fraction of sp³-hybridized carbons (Fsp3) is 0. The summed E-state index contributed by atoms with van der Waals surface area (Å²) in [6.07, 6.45) is 0. The Labute approximate surface area is 378 Å². The second-order valence-electron chi connectivity index (χ2n) is 17.5. The molecule has 0 spiro atoms. The molecule has 12 aromatic rings. The molecule has 0 saturated carbocycles. The van der Waals surface area contributed by atoms with Crippen LogP contribution in [-0.4, -0.2) is 18.0 Å². The summed E-state index contributed by atoms with van der Waals surface area (Å²) in [5.41, 5.74) is 18.7. The maximum atomic E-state index is 2.70. The Morgan fingerprint density at radius 1 is 0.292 bits per heavy atom. The number of fused-ring (bicyclic) bond motifs is 3. The zero-order chi connectivity index (χ0) is 42.6. The van der Waals surface area contributed by atoms with Crippen LogP contribution in [0.1, 0.15) is 0 Å². The van der Waals surface area contributed by atoms with E-state index in [1.54, 1.807) is 0 Å². The van der Waals surface area contributed by atoms with E-state index in [1.165, 1.54) is 93.2 Å². The first kappa shape index (κ1) is 36.2. The molecule has 0 fully saturated rings. The first-order valence-electron chi connectivity index (χ1n) is 22.7. The molecule has 0 saturated heterocycles. The van der Waals surface area contributed by atoms with Gasteiger partial charge in [0.05, 0.1) is 22.4 Å². The topological polar surface area (TPSA) is 11.4 Å². The second-order valence-corrected chi connectivity index (χ2v) is 17.5. The maximum absolute atomic E-state index is 2.70. The highest BCUT2D eigenvalue weighted by molar-refractivity contribution is 7.02. The van der Waals surface area contributed by atoms with Gasteiger partial charge in [-0.1, -0.05) is 187 Å². The zero-order valence-corrected chi connectivity index (χ0v) is 35.5. The fourth-order valence-corrected chi connectivity index (χ4v) is 11.7. The smallest absolute Gasteiger partial charge is 0.246 e. The van der Waals surface area contributed by atoms with E-state index in [4.69, 9.17) is 0 Å². The van der Waals surface area contributed by atoms with Crippen LogP contribution in [0, 0.1) is 0 Å². The molecule has 5 heteroatoms. The van der Waals surface area contributed by atoms with Crippen LogP contribution in [0.5, 0.6) is 0 Å². The Morgan fingerprint density at radius 3 is 0.969 bits per heavy atom. The number of rotatable bonds is 8. The Morgan fingerprint density at radius 2 is 0.615 bits per heavy atom. The van der Waals surface area contributed by atoms with Gasteiger partial charge in [-0.2, -0.15) is 0 Å². The molecule has 0 atom stereocenters. The first-order chi connectivity index (χ1) is 32.3. The van der Waals surface area contributed by atoms with Crippen LogP contribution in [0.3, 0.4) is 0 Å². The molecule has 11 aromatic carbocycles. The molecular formula is C60H39B2N3. The van der Waals surface area contributed by atoms with Crippen molar-refractivity contribution >= 4 is 124 Å². The van der Waals surface area contributed by atoms with Gasteiger partial charge in [-0.25, -0.2) is 0 Å². The van der Waals surface area contributed by atoms with Crippen molar-refractivity contribution in [1.29, 1.82) is 0 Å². The van der Waals surface area contributed by atoms with Crippen LogP contribution in [0.2, 0.25) is 0 Å². The summed E-state index contributed by atoms with van der Waals surface area (Å²) >= 11 is 0. The quantitative estimate of drug-likeness (QED) is 0.112. The van der Waals surface area contributed by atoms with E-state index in [0.29, 0.717) is 0 Å². The highest BCUT2D eigenvalue weighted by Gasteiger charge is 2.44. The van der Waals surface area contributed by atoms with Gasteiger partial charge in [-0.3, -0.25) is 0 Å². The van der Waals surface area contributed by atoms with Crippen molar-refractivity contribution in [2.24, 2.45) is 0 Å². The van der Waals surface area contributed by atoms with Crippen LogP contribution in [-0.2, 0) is 0 Å². The number of aromatic nitrogens is 1. The highest BCUT2D eigenvalue weighted by atomic mass is 15.2. The molecule has 0 N–H and O–H groups in total. The minimum Gasteiger partial charge on any atom is -0.311 e. The average Bonchev–Trinajstić information content (AvgIpc) is 3.74. The summed E-state index contributed by atoms with van der Waals surface area (Å²) in [6, 6.07) is 87.6. The predicted octanol–water partition coefficient (Wildman–Crippen LogP) is 11.1. The number of para-hydroxylation sites is 5. The molecule has 2 aliphatic heterocycles. The molecule has 300 valence electrons. The number of nitrogens with zero attached hydrogens (tertiary/aromatic N) is 3. The molecule has 0 aliphatic carbocycles. The monoisotopic (exact) mass is 823 g/mol. The van der Waals surface area contributed by atoms with E-state index in [2.05, 4.69) is 251 Å². The average molecular weight is 824 g/mol. The van der Waals surface area contributed by atoms with Crippen LogP contribution < -0.4 is 42.6 Å². The Kier molecular flexibility index (Phi) is 7.87. The Hall–Kier alpha value is -8.27. The van der Waals surface area contributed by atoms with Crippen molar-refractivity contribution in [1.82, 2.24) is 4.57 Å². The molecular weight excluding hydrogens is 784 g/mol. The van der Waals surface area contributed by atoms with Gasteiger partial charge in [0.25, 0.3) is 0 Å². The number of hydrogen-bond donors (Lipinski definition) is 0. The lowest BCUT2D eigenvalue weighted by atomic mass is 9.31. The minimum absolute atomic E-state index is 0.00707. The molecule has 14 rings (SSSR count). The van der Waals surface area contributed by atoms with Gasteiger partial charge in [0.2, 0.25) is 13.4 Å². The Balaban J connectivity index is 1.26. The third-order valence-corrected chi connectivity index (χ3v) is 14.2. The Bertz CT molecular complexity index is 3440. The van der Waals surface area contributed by atoms with E-state index in [0.717, 1.165) is 22.7 Å². The molecule has 1 aromatic heterocycles. The highest BCUT2D eigenvalue weighted by Crippen LogP contribution is 2.53. The number of hydrogen-bond acceptors (Lipinski definition) is 2. The van der Waals surface area contributed by atoms with Gasteiger partial charge in [-0.15, -0.1) is 0 Å². The van der Waals surface area contributed by atoms with E-state index in [1.807, 2.05) is 0 Å². The first-order valence-corrected chi connectivity index (χ1v) is 22.7. The van der Waals surface area contributed by atoms with Crippen molar-refractivity contribution in [2.75, 3.05) is 9.80 Å². The molecule has 65 heavy (non-hydrogen) atoms. The molecule has 0 unspecified atom stereocenters. The largest absolute Gasteiger partial charge is 0.311 e. The molecule has 0 amide bonds. The van der Waals surface area contributed by atoms with Crippen LogP contribution in [0.15, 0.2) is 237 Å². The predicted molar refractivity (Wildman–Crippen MR) is 279 cm³/mol. The van der Waals surface area contributed by atoms with E-state index in [-0.39, 0.29) is 13.4 Å². The van der Waals surface area contributed by atoms with Crippen molar-refractivity contribution in [3.8, 4) is 5.69 Å². The number of benzene rings is 11. The van der Waals surface area contributed by atoms with Gasteiger partial charge >= 0.3 is 0 Å². The van der Waals surface area contributed by atoms with E-state index in [9.17, 15) is 0 Å². The number of anilines is 6. The van der Waals surface area contributed by atoms with Gasteiger partial charge in [0.1, 0.15) is 0 Å². The molecule has 3 nitrogen and oxygen atoms in total. The van der Waals surface area contributed by atoms with Crippen LogP contribution >= 0.6 is 0 Å². The maximum Gasteiger partial charge on any atom is 0.246 e. The van der Waals surface area contributed by atoms with E-state index < -0.39 is 0 Å². The second kappa shape index (κ2) is 14.1. The van der Waals surface area contributed by atoms with Crippen molar-refractivity contribution in [3.05, 3.63) is 237 Å². The van der Waals surface area contributed by atoms with E-state index >= 15 is 0 Å². The third-order valence-electron chi connectivity index (χ3n) is 14.2. The normalized spacial score (nSPS) is 12.6. The lowest BCUT2D eigenvalue weighted by Gasteiger charge is -2.35. The molecule has 0 bridgehead atoms. The molecule has 2 aliphatic rings. The van der Waals surface area contributed by atoms with Crippen molar-refractivity contribution < 1.29 is 0 Å². The third kappa shape index (κ3) is 5.15. The standard InChI is InChI=1S/C60H39B2N3/c1-7-22-40(23-8-1)61-48-36-21-37-49-58(48)65-59-50(61)38-52(63(42-26-11-3-12-27-42)43-28-13-4-14-29-43)54-46-34-19-20-35-47(46)55-53(64(44-30-15-5-16-31-44)45-32-17-6-18-33-45)39-51(60(65)57(55)56(54)59)62(49)41-24-9-2-10-25-41/h1-39H. The SMILES string of the molecule is c1ccc(B2c3cccc4c3-n3c5c2cc(N(c2ccccc2)c2ccccc2)c2c6ccccc6c6c(N(c7ccccc7)c7ccccc7)cc(c3c6c25)B4c2ccccc2)cc1. The summed E-state index contributed by atoms with van der Waals surface area (Å²) in [6.45, 7) is -0.0141. The summed E-state index contributed by atoms with van der Waals surface area (Å²) in [4.78, 5) is 5.00. The molecule has 3 heterocycles. The zero-order valence-electron chi connectivity index (χ0n) is 35.5. The van der Waals surface area contributed by atoms with Crippen LogP contribution in [0.25, 0.3) is 49.0 Å². The lowest BCUT2D eigenvalue weighted by Crippen LogP contribution is -2.63. The van der Waals surface area contributed by atoms with Gasteiger partial charge < -0.3 is 14.4 Å². The van der Waals surface area contributed by atoms with Gasteiger partial charge in [0, 0.05) is 50.0 Å². The van der Waals surface area contributed by atoms with Gasteiger partial charge in [-0.05, 0) is 93.3 Å². The lowest BCUT2D eigenvalue weighted by molar-refractivity contribution is 1.20. The fourth-order valence-electron chi connectivity index (χ4n) is 11.7. The van der Waals surface area contributed by atoms with Crippen molar-refractivity contribution in [3.63, 3.8) is 0 Å². The molecule has 0 radical (unpaired) electrons. The summed E-state index contributed by atoms with van der Waals surface area (Å²) < 4.78 is 2.70. The summed E-state index contributed by atoms with van der Waals surface area (Å²) in [7, 11) is 0.